The number of anilines is 1. The van der Waals surface area contributed by atoms with Gasteiger partial charge in [-0.15, -0.1) is 0 Å². The summed E-state index contributed by atoms with van der Waals surface area (Å²) in [5, 5.41) is 9.65. The molecule has 3 amide bonds. The SMILES string of the molecule is O=C(NCC1CC1)C1C=CC2=C(N1)N(C(=O)Nc1ccc(Cl)cn1)[C@H]1CCN2C1. The van der Waals surface area contributed by atoms with Gasteiger partial charge < -0.3 is 15.5 Å². The van der Waals surface area contributed by atoms with E-state index in [9.17, 15) is 9.59 Å². The fourth-order valence-corrected chi connectivity index (χ4v) is 4.17. The quantitative estimate of drug-likeness (QED) is 0.700. The van der Waals surface area contributed by atoms with E-state index in [1.165, 1.54) is 19.0 Å². The number of pyridine rings is 1. The highest BCUT2D eigenvalue weighted by Crippen LogP contribution is 2.33. The number of hydrogen-bond donors (Lipinski definition) is 3. The van der Waals surface area contributed by atoms with Gasteiger partial charge in [-0.1, -0.05) is 17.7 Å². The van der Waals surface area contributed by atoms with Crippen molar-refractivity contribution in [3.05, 3.63) is 47.0 Å². The third-order valence-electron chi connectivity index (χ3n) is 5.82. The Morgan fingerprint density at radius 2 is 2.14 bits per heavy atom. The molecule has 3 N–H and O–H groups in total. The number of nitrogens with zero attached hydrogens (tertiary/aromatic N) is 3. The Morgan fingerprint density at radius 3 is 2.90 bits per heavy atom. The van der Waals surface area contributed by atoms with Crippen molar-refractivity contribution in [1.82, 2.24) is 25.4 Å². The van der Waals surface area contributed by atoms with Crippen molar-refractivity contribution in [1.29, 1.82) is 0 Å². The van der Waals surface area contributed by atoms with Crippen LogP contribution in [0, 0.1) is 5.92 Å². The van der Waals surface area contributed by atoms with Gasteiger partial charge in [0, 0.05) is 25.8 Å². The molecule has 4 heterocycles. The zero-order chi connectivity index (χ0) is 20.0. The fraction of sp³-hybridized carbons (Fsp3) is 0.450. The highest BCUT2D eigenvalue weighted by atomic mass is 35.5. The molecule has 1 saturated heterocycles. The number of carbonyl (C=O) groups is 2. The molecule has 9 heteroatoms. The second kappa shape index (κ2) is 7.26. The van der Waals surface area contributed by atoms with Crippen molar-refractivity contribution in [3.8, 4) is 0 Å². The molecule has 3 aliphatic heterocycles. The Balaban J connectivity index is 1.34. The second-order valence-corrected chi connectivity index (χ2v) is 8.39. The molecule has 2 fully saturated rings. The monoisotopic (exact) mass is 414 g/mol. The Bertz CT molecular complexity index is 895. The van der Waals surface area contributed by atoms with Crippen LogP contribution >= 0.6 is 11.6 Å². The summed E-state index contributed by atoms with van der Waals surface area (Å²) in [5.41, 5.74) is 0.948. The molecule has 1 aromatic rings. The van der Waals surface area contributed by atoms with Crippen LogP contribution in [0.5, 0.6) is 0 Å². The highest BCUT2D eigenvalue weighted by molar-refractivity contribution is 6.30. The maximum atomic E-state index is 13.1. The van der Waals surface area contributed by atoms with Gasteiger partial charge in [-0.2, -0.15) is 0 Å². The summed E-state index contributed by atoms with van der Waals surface area (Å²) < 4.78 is 0. The number of aromatic nitrogens is 1. The number of rotatable bonds is 4. The second-order valence-electron chi connectivity index (χ2n) is 7.95. The first-order valence-corrected chi connectivity index (χ1v) is 10.4. The van der Waals surface area contributed by atoms with Crippen LogP contribution in [0.2, 0.25) is 5.02 Å². The maximum Gasteiger partial charge on any atom is 0.328 e. The summed E-state index contributed by atoms with van der Waals surface area (Å²) in [5.74, 6) is 1.67. The zero-order valence-electron chi connectivity index (χ0n) is 15.9. The van der Waals surface area contributed by atoms with Crippen molar-refractivity contribution in [2.45, 2.75) is 31.3 Å². The van der Waals surface area contributed by atoms with Gasteiger partial charge in [-0.25, -0.2) is 9.78 Å². The van der Waals surface area contributed by atoms with Crippen molar-refractivity contribution in [3.63, 3.8) is 0 Å². The van der Waals surface area contributed by atoms with Crippen LogP contribution in [-0.2, 0) is 4.79 Å². The van der Waals surface area contributed by atoms with Crippen LogP contribution in [0.4, 0.5) is 10.6 Å². The van der Waals surface area contributed by atoms with Gasteiger partial charge in [0.15, 0.2) is 0 Å². The van der Waals surface area contributed by atoms with E-state index >= 15 is 0 Å². The van der Waals surface area contributed by atoms with Crippen LogP contribution in [-0.4, -0.2) is 58.4 Å². The van der Waals surface area contributed by atoms with Crippen molar-refractivity contribution >= 4 is 29.4 Å². The summed E-state index contributed by atoms with van der Waals surface area (Å²) in [7, 11) is 0. The molecule has 0 aromatic carbocycles. The number of dihydropyridines is 1. The predicted molar refractivity (Wildman–Crippen MR) is 109 cm³/mol. The molecule has 1 saturated carbocycles. The number of hydrogen-bond acceptors (Lipinski definition) is 5. The minimum absolute atomic E-state index is 0.0511. The molecule has 5 rings (SSSR count). The summed E-state index contributed by atoms with van der Waals surface area (Å²) >= 11 is 5.88. The van der Waals surface area contributed by atoms with E-state index in [1.54, 1.807) is 17.0 Å². The Hall–Kier alpha value is -2.74. The third-order valence-corrected chi connectivity index (χ3v) is 6.04. The third kappa shape index (κ3) is 3.64. The fourth-order valence-electron chi connectivity index (χ4n) is 4.05. The van der Waals surface area contributed by atoms with E-state index in [0.29, 0.717) is 22.6 Å². The van der Waals surface area contributed by atoms with Gasteiger partial charge in [0.25, 0.3) is 0 Å². The zero-order valence-corrected chi connectivity index (χ0v) is 16.7. The molecule has 0 radical (unpaired) electrons. The Morgan fingerprint density at radius 1 is 1.28 bits per heavy atom. The number of nitrogens with one attached hydrogen (secondary N) is 3. The van der Waals surface area contributed by atoms with E-state index in [2.05, 4.69) is 25.8 Å². The largest absolute Gasteiger partial charge is 0.366 e. The number of carbonyl (C=O) groups excluding carboxylic acids is 2. The number of amides is 3. The van der Waals surface area contributed by atoms with Crippen LogP contribution in [0.25, 0.3) is 0 Å². The summed E-state index contributed by atoms with van der Waals surface area (Å²) in [6.45, 7) is 2.39. The van der Waals surface area contributed by atoms with E-state index in [-0.39, 0.29) is 18.0 Å². The topological polar surface area (TPSA) is 89.6 Å². The first kappa shape index (κ1) is 18.3. The van der Waals surface area contributed by atoms with Crippen molar-refractivity contribution in [2.75, 3.05) is 25.0 Å². The standard InChI is InChI=1S/C20H23ClN6O2/c21-13-3-6-17(22-10-13)25-20(29)27-14-7-8-26(11-14)16-5-4-15(24-18(16)27)19(28)23-9-12-1-2-12/h3-6,10,12,14-15,24H,1-2,7-9,11H2,(H,23,28)(H,22,25,29)/t14-,15?/m0/s1. The minimum Gasteiger partial charge on any atom is -0.366 e. The molecule has 1 unspecified atom stereocenters. The Labute approximate surface area is 174 Å². The lowest BCUT2D eigenvalue weighted by Gasteiger charge is -2.40. The van der Waals surface area contributed by atoms with E-state index < -0.39 is 6.04 Å². The number of allylic oxidation sites excluding steroid dienone is 1. The molecule has 29 heavy (non-hydrogen) atoms. The van der Waals surface area contributed by atoms with Gasteiger partial charge >= 0.3 is 6.03 Å². The summed E-state index contributed by atoms with van der Waals surface area (Å²) in [4.78, 5) is 33.8. The van der Waals surface area contributed by atoms with Gasteiger partial charge in [0.05, 0.1) is 16.8 Å². The smallest absolute Gasteiger partial charge is 0.328 e. The normalized spacial score (nSPS) is 24.9. The highest BCUT2D eigenvalue weighted by Gasteiger charge is 2.42. The summed E-state index contributed by atoms with van der Waals surface area (Å²) in [6, 6.07) is 2.65. The molecular weight excluding hydrogens is 392 g/mol. The average Bonchev–Trinajstić information content (AvgIpc) is 3.47. The molecule has 8 nitrogen and oxygen atoms in total. The molecule has 152 valence electrons. The lowest BCUT2D eigenvalue weighted by molar-refractivity contribution is -0.122. The lowest BCUT2D eigenvalue weighted by Crippen LogP contribution is -2.56. The molecule has 1 aromatic heterocycles. The van der Waals surface area contributed by atoms with Crippen LogP contribution < -0.4 is 16.0 Å². The van der Waals surface area contributed by atoms with Crippen LogP contribution in [0.15, 0.2) is 42.0 Å². The van der Waals surface area contributed by atoms with Crippen LogP contribution in [0.1, 0.15) is 19.3 Å². The van der Waals surface area contributed by atoms with E-state index in [4.69, 9.17) is 11.6 Å². The van der Waals surface area contributed by atoms with Gasteiger partial charge in [0.1, 0.15) is 17.7 Å². The molecular formula is C20H23ClN6O2. The molecule has 0 spiro atoms. The minimum atomic E-state index is -0.491. The first-order chi connectivity index (χ1) is 14.1. The number of fused-ring (bicyclic) bond motifs is 3. The van der Waals surface area contributed by atoms with Crippen molar-refractivity contribution in [2.24, 2.45) is 5.92 Å². The average molecular weight is 415 g/mol. The number of urea groups is 1. The molecule has 2 atom stereocenters. The molecule has 1 aliphatic carbocycles. The van der Waals surface area contributed by atoms with Gasteiger partial charge in [-0.3, -0.25) is 15.0 Å². The summed E-state index contributed by atoms with van der Waals surface area (Å²) in [6.07, 6.45) is 8.57. The first-order valence-electron chi connectivity index (χ1n) is 10.0. The van der Waals surface area contributed by atoms with Gasteiger partial charge in [-0.05, 0) is 43.4 Å². The molecule has 4 aliphatic rings. The van der Waals surface area contributed by atoms with Gasteiger partial charge in [0.2, 0.25) is 5.91 Å². The van der Waals surface area contributed by atoms with Crippen LogP contribution in [0.3, 0.4) is 0 Å². The maximum absolute atomic E-state index is 13.1. The van der Waals surface area contributed by atoms with Crippen molar-refractivity contribution < 1.29 is 9.59 Å². The Kier molecular flexibility index (Phi) is 4.58. The van der Waals surface area contributed by atoms with E-state index in [1.807, 2.05) is 12.2 Å². The predicted octanol–water partition coefficient (Wildman–Crippen LogP) is 1.88. The van der Waals surface area contributed by atoms with E-state index in [0.717, 1.165) is 31.8 Å². The lowest BCUT2D eigenvalue weighted by atomic mass is 10.1. The number of halogens is 1. The molecule has 2 bridgehead atoms.